The first kappa shape index (κ1) is 10.0. The Bertz CT molecular complexity index is 233. The van der Waals surface area contributed by atoms with Gasteiger partial charge in [0, 0.05) is 23.4 Å². The molecule has 0 amide bonds. The summed E-state index contributed by atoms with van der Waals surface area (Å²) in [7, 11) is 4.18. The Morgan fingerprint density at radius 1 is 1.58 bits per heavy atom. The lowest BCUT2D eigenvalue weighted by atomic mass is 10.6. The molecule has 1 aromatic heterocycles. The Morgan fingerprint density at radius 3 is 2.83 bits per heavy atom. The van der Waals surface area contributed by atoms with Crippen molar-refractivity contribution in [2.24, 2.45) is 0 Å². The van der Waals surface area contributed by atoms with Gasteiger partial charge in [-0.15, -0.1) is 11.3 Å². The maximum Gasteiger partial charge on any atom is 0.150 e. The number of hydrogen-bond donors (Lipinski definition) is 0. The number of thiazole rings is 1. The summed E-state index contributed by atoms with van der Waals surface area (Å²) in [5.74, 6) is 1.12. The van der Waals surface area contributed by atoms with Gasteiger partial charge >= 0.3 is 0 Å². The lowest BCUT2D eigenvalue weighted by Gasteiger charge is -2.06. The zero-order valence-electron chi connectivity index (χ0n) is 7.70. The van der Waals surface area contributed by atoms with Crippen molar-refractivity contribution < 1.29 is 0 Å². The molecule has 0 aromatic carbocycles. The van der Waals surface area contributed by atoms with Crippen LogP contribution in [0.5, 0.6) is 0 Å². The van der Waals surface area contributed by atoms with Crippen LogP contribution in [0.3, 0.4) is 0 Å². The first-order chi connectivity index (χ1) is 5.68. The van der Waals surface area contributed by atoms with Crippen molar-refractivity contribution in [2.75, 3.05) is 26.4 Å². The van der Waals surface area contributed by atoms with Gasteiger partial charge in [-0.25, -0.2) is 4.98 Å². The molecule has 0 N–H and O–H groups in total. The van der Waals surface area contributed by atoms with E-state index in [2.05, 4.69) is 29.4 Å². The zero-order chi connectivity index (χ0) is 8.97. The van der Waals surface area contributed by atoms with E-state index < -0.39 is 0 Å². The molecule has 1 rings (SSSR count). The van der Waals surface area contributed by atoms with Crippen LogP contribution in [0.25, 0.3) is 0 Å². The van der Waals surface area contributed by atoms with Crippen LogP contribution in [-0.2, 0) is 0 Å². The molecule has 0 aliphatic rings. The number of rotatable bonds is 4. The fourth-order valence-corrected chi connectivity index (χ4v) is 2.74. The van der Waals surface area contributed by atoms with Crippen LogP contribution in [0.1, 0.15) is 5.69 Å². The van der Waals surface area contributed by atoms with Gasteiger partial charge in [0.2, 0.25) is 0 Å². The van der Waals surface area contributed by atoms with E-state index in [-0.39, 0.29) is 0 Å². The van der Waals surface area contributed by atoms with Crippen molar-refractivity contribution in [3.05, 3.63) is 11.1 Å². The molecule has 0 saturated heterocycles. The summed E-state index contributed by atoms with van der Waals surface area (Å²) >= 11 is 3.57. The van der Waals surface area contributed by atoms with Crippen molar-refractivity contribution in [2.45, 2.75) is 11.3 Å². The van der Waals surface area contributed by atoms with Gasteiger partial charge in [0.1, 0.15) is 4.34 Å². The highest BCUT2D eigenvalue weighted by atomic mass is 32.2. The highest BCUT2D eigenvalue weighted by molar-refractivity contribution is 8.01. The Kier molecular flexibility index (Phi) is 4.05. The summed E-state index contributed by atoms with van der Waals surface area (Å²) in [5, 5.41) is 2.10. The van der Waals surface area contributed by atoms with Gasteiger partial charge in [0.15, 0.2) is 0 Å². The number of aryl methyl sites for hydroxylation is 1. The molecule has 0 unspecified atom stereocenters. The molecule has 1 heterocycles. The molecule has 0 fully saturated rings. The molecular formula is C8H14N2S2. The molecule has 0 aliphatic carbocycles. The van der Waals surface area contributed by atoms with Crippen LogP contribution in [0, 0.1) is 6.92 Å². The highest BCUT2D eigenvalue weighted by Gasteiger charge is 1.98. The molecule has 1 aromatic rings. The third-order valence-electron chi connectivity index (χ3n) is 1.36. The van der Waals surface area contributed by atoms with E-state index >= 15 is 0 Å². The molecule has 68 valence electrons. The Morgan fingerprint density at radius 2 is 2.33 bits per heavy atom. The van der Waals surface area contributed by atoms with Crippen molar-refractivity contribution in [1.82, 2.24) is 9.88 Å². The van der Waals surface area contributed by atoms with E-state index in [0.717, 1.165) is 18.0 Å². The van der Waals surface area contributed by atoms with E-state index in [1.54, 1.807) is 11.3 Å². The zero-order valence-corrected chi connectivity index (χ0v) is 9.34. The number of nitrogens with zero attached hydrogens (tertiary/aromatic N) is 2. The average molecular weight is 202 g/mol. The lowest BCUT2D eigenvalue weighted by molar-refractivity contribution is 0.437. The molecule has 0 atom stereocenters. The fraction of sp³-hybridized carbons (Fsp3) is 0.625. The van der Waals surface area contributed by atoms with Crippen LogP contribution in [0.15, 0.2) is 9.72 Å². The summed E-state index contributed by atoms with van der Waals surface area (Å²) < 4.78 is 1.19. The summed E-state index contributed by atoms with van der Waals surface area (Å²) in [6, 6.07) is 0. The Labute approximate surface area is 82.0 Å². The standard InChI is InChI=1S/C8H14N2S2/c1-7-6-12-8(9-7)11-5-4-10(2)3/h6H,4-5H2,1-3H3. The molecule has 0 saturated carbocycles. The first-order valence-electron chi connectivity index (χ1n) is 3.88. The van der Waals surface area contributed by atoms with Crippen molar-refractivity contribution in [3.63, 3.8) is 0 Å². The molecule has 0 bridgehead atoms. The molecule has 0 radical (unpaired) electrons. The van der Waals surface area contributed by atoms with Gasteiger partial charge in [0.25, 0.3) is 0 Å². The Hall–Kier alpha value is -0.0600. The first-order valence-corrected chi connectivity index (χ1v) is 5.74. The van der Waals surface area contributed by atoms with E-state index in [0.29, 0.717) is 0 Å². The summed E-state index contributed by atoms with van der Waals surface area (Å²) in [5.41, 5.74) is 1.13. The lowest BCUT2D eigenvalue weighted by Crippen LogP contribution is -2.14. The summed E-state index contributed by atoms with van der Waals surface area (Å²) in [6.45, 7) is 3.15. The smallest absolute Gasteiger partial charge is 0.150 e. The SMILES string of the molecule is Cc1csc(SCCN(C)C)n1. The van der Waals surface area contributed by atoms with Gasteiger partial charge in [-0.2, -0.15) is 0 Å². The second-order valence-electron chi connectivity index (χ2n) is 2.91. The van der Waals surface area contributed by atoms with Crippen LogP contribution in [0.2, 0.25) is 0 Å². The van der Waals surface area contributed by atoms with Gasteiger partial charge in [-0.3, -0.25) is 0 Å². The third-order valence-corrected chi connectivity index (χ3v) is 3.48. The van der Waals surface area contributed by atoms with Gasteiger partial charge in [0.05, 0.1) is 0 Å². The van der Waals surface area contributed by atoms with E-state index in [9.17, 15) is 0 Å². The van der Waals surface area contributed by atoms with Crippen LogP contribution in [-0.4, -0.2) is 36.3 Å². The maximum atomic E-state index is 4.37. The van der Waals surface area contributed by atoms with Crippen LogP contribution >= 0.6 is 23.1 Å². The number of aromatic nitrogens is 1. The summed E-state index contributed by atoms with van der Waals surface area (Å²) in [4.78, 5) is 6.56. The van der Waals surface area contributed by atoms with E-state index in [1.807, 2.05) is 18.7 Å². The third kappa shape index (κ3) is 3.56. The summed E-state index contributed by atoms with van der Waals surface area (Å²) in [6.07, 6.45) is 0. The minimum absolute atomic E-state index is 1.11. The molecular weight excluding hydrogens is 188 g/mol. The van der Waals surface area contributed by atoms with Crippen molar-refractivity contribution >= 4 is 23.1 Å². The minimum Gasteiger partial charge on any atom is -0.309 e. The fourth-order valence-electron chi connectivity index (χ4n) is 0.714. The Balaban J connectivity index is 2.24. The van der Waals surface area contributed by atoms with Crippen molar-refractivity contribution in [3.8, 4) is 0 Å². The largest absolute Gasteiger partial charge is 0.309 e. The molecule has 0 spiro atoms. The van der Waals surface area contributed by atoms with Gasteiger partial charge < -0.3 is 4.90 Å². The predicted octanol–water partition coefficient (Wildman–Crippen LogP) is 2.11. The predicted molar refractivity (Wildman–Crippen MR) is 56.1 cm³/mol. The van der Waals surface area contributed by atoms with Crippen molar-refractivity contribution in [1.29, 1.82) is 0 Å². The second-order valence-corrected chi connectivity index (χ2v) is 5.11. The van der Waals surface area contributed by atoms with Gasteiger partial charge in [-0.1, -0.05) is 11.8 Å². The molecule has 12 heavy (non-hydrogen) atoms. The molecule has 0 aliphatic heterocycles. The van der Waals surface area contributed by atoms with Crippen LogP contribution in [0.4, 0.5) is 0 Å². The average Bonchev–Trinajstić information content (AvgIpc) is 2.35. The van der Waals surface area contributed by atoms with E-state index in [1.165, 1.54) is 4.34 Å². The highest BCUT2D eigenvalue weighted by Crippen LogP contribution is 2.21. The van der Waals surface area contributed by atoms with E-state index in [4.69, 9.17) is 0 Å². The van der Waals surface area contributed by atoms with Crippen LogP contribution < -0.4 is 0 Å². The minimum atomic E-state index is 1.11. The molecule has 2 nitrogen and oxygen atoms in total. The van der Waals surface area contributed by atoms with Gasteiger partial charge in [-0.05, 0) is 21.0 Å². The number of hydrogen-bond acceptors (Lipinski definition) is 4. The monoisotopic (exact) mass is 202 g/mol. The maximum absolute atomic E-state index is 4.37. The topological polar surface area (TPSA) is 16.1 Å². The normalized spacial score (nSPS) is 11.0. The molecule has 4 heteroatoms. The second kappa shape index (κ2) is 4.84. The quantitative estimate of drug-likeness (QED) is 0.696. The number of thioether (sulfide) groups is 1.